The van der Waals surface area contributed by atoms with Crippen molar-refractivity contribution >= 4 is 0 Å². The van der Waals surface area contributed by atoms with Crippen molar-refractivity contribution in [1.29, 1.82) is 0 Å². The molecule has 108 valence electrons. The van der Waals surface area contributed by atoms with Crippen LogP contribution < -0.4 is 5.32 Å². The van der Waals surface area contributed by atoms with E-state index in [4.69, 9.17) is 0 Å². The molecule has 20 heavy (non-hydrogen) atoms. The Morgan fingerprint density at radius 3 is 2.70 bits per heavy atom. The molecule has 0 bridgehead atoms. The zero-order valence-electron chi connectivity index (χ0n) is 11.1. The topological polar surface area (TPSA) is 40.7 Å². The number of nitrogens with zero attached hydrogens (tertiary/aromatic N) is 1. The Kier molecular flexibility index (Phi) is 4.44. The van der Waals surface area contributed by atoms with E-state index in [1.807, 2.05) is 7.05 Å². The summed E-state index contributed by atoms with van der Waals surface area (Å²) in [6, 6.07) is 5.55. The number of alkyl halides is 3. The Morgan fingerprint density at radius 2 is 2.00 bits per heavy atom. The summed E-state index contributed by atoms with van der Waals surface area (Å²) in [5, 5.41) is 9.59. The fraction of sp³-hybridized carbons (Fsp3) is 0.357. The Morgan fingerprint density at radius 1 is 1.25 bits per heavy atom. The first-order valence-electron chi connectivity index (χ1n) is 6.37. The van der Waals surface area contributed by atoms with E-state index in [2.05, 4.69) is 15.5 Å². The second-order valence-corrected chi connectivity index (χ2v) is 4.52. The summed E-state index contributed by atoms with van der Waals surface area (Å²) in [5.74, 6) is 0. The molecule has 1 aromatic heterocycles. The summed E-state index contributed by atoms with van der Waals surface area (Å²) in [6.07, 6.45) is -1.25. The van der Waals surface area contributed by atoms with Gasteiger partial charge in [-0.1, -0.05) is 18.2 Å². The van der Waals surface area contributed by atoms with Crippen LogP contribution in [0.1, 0.15) is 17.5 Å². The Balaban J connectivity index is 2.35. The van der Waals surface area contributed by atoms with E-state index in [-0.39, 0.29) is 5.56 Å². The van der Waals surface area contributed by atoms with Crippen LogP contribution in [0.15, 0.2) is 30.5 Å². The minimum absolute atomic E-state index is 0.150. The molecule has 2 N–H and O–H groups in total. The van der Waals surface area contributed by atoms with E-state index in [1.165, 1.54) is 12.1 Å². The zero-order valence-corrected chi connectivity index (χ0v) is 11.1. The Hall–Kier alpha value is -1.82. The van der Waals surface area contributed by atoms with Crippen molar-refractivity contribution in [3.63, 3.8) is 0 Å². The lowest BCUT2D eigenvalue weighted by Crippen LogP contribution is -2.09. The van der Waals surface area contributed by atoms with Gasteiger partial charge >= 0.3 is 6.18 Å². The molecule has 0 saturated carbocycles. The summed E-state index contributed by atoms with van der Waals surface area (Å²) in [7, 11) is 1.84. The SMILES string of the molecule is CNCCCc1cn[nH]c1-c1ccccc1C(F)(F)F. The smallest absolute Gasteiger partial charge is 0.320 e. The highest BCUT2D eigenvalue weighted by Crippen LogP contribution is 2.37. The number of halogens is 3. The maximum absolute atomic E-state index is 13.0. The third-order valence-corrected chi connectivity index (χ3v) is 3.09. The summed E-state index contributed by atoms with van der Waals surface area (Å²) in [5.41, 5.74) is 0.766. The van der Waals surface area contributed by atoms with Crippen LogP contribution in [0, 0.1) is 0 Å². The summed E-state index contributed by atoms with van der Waals surface area (Å²) in [4.78, 5) is 0. The van der Waals surface area contributed by atoms with Crippen LogP contribution in [0.2, 0.25) is 0 Å². The van der Waals surface area contributed by atoms with E-state index in [1.54, 1.807) is 12.3 Å². The van der Waals surface area contributed by atoms with Gasteiger partial charge in [0.2, 0.25) is 0 Å². The first-order valence-corrected chi connectivity index (χ1v) is 6.37. The van der Waals surface area contributed by atoms with E-state index >= 15 is 0 Å². The van der Waals surface area contributed by atoms with E-state index in [0.717, 1.165) is 24.6 Å². The average Bonchev–Trinajstić information content (AvgIpc) is 2.86. The molecular weight excluding hydrogens is 267 g/mol. The molecule has 3 nitrogen and oxygen atoms in total. The molecule has 0 aliphatic heterocycles. The third-order valence-electron chi connectivity index (χ3n) is 3.09. The van der Waals surface area contributed by atoms with Gasteiger partial charge in [-0.15, -0.1) is 0 Å². The predicted molar refractivity (Wildman–Crippen MR) is 71.3 cm³/mol. The average molecular weight is 283 g/mol. The second-order valence-electron chi connectivity index (χ2n) is 4.52. The van der Waals surface area contributed by atoms with Gasteiger partial charge in [-0.25, -0.2) is 0 Å². The summed E-state index contributed by atoms with van der Waals surface area (Å²) in [6.45, 7) is 0.811. The highest BCUT2D eigenvalue weighted by Gasteiger charge is 2.34. The van der Waals surface area contributed by atoms with Crippen molar-refractivity contribution in [2.45, 2.75) is 19.0 Å². The van der Waals surface area contributed by atoms with E-state index in [0.29, 0.717) is 12.1 Å². The van der Waals surface area contributed by atoms with Gasteiger partial charge < -0.3 is 5.32 Å². The largest absolute Gasteiger partial charge is 0.417 e. The molecule has 0 aliphatic carbocycles. The molecule has 0 aliphatic rings. The van der Waals surface area contributed by atoms with Crippen LogP contribution >= 0.6 is 0 Å². The van der Waals surface area contributed by atoms with Crippen molar-refractivity contribution < 1.29 is 13.2 Å². The molecule has 0 saturated heterocycles. The van der Waals surface area contributed by atoms with Gasteiger partial charge in [0, 0.05) is 5.56 Å². The van der Waals surface area contributed by atoms with Crippen molar-refractivity contribution in [2.24, 2.45) is 0 Å². The molecule has 0 radical (unpaired) electrons. The van der Waals surface area contributed by atoms with Crippen molar-refractivity contribution in [3.8, 4) is 11.3 Å². The van der Waals surface area contributed by atoms with Gasteiger partial charge in [0.1, 0.15) is 0 Å². The summed E-state index contributed by atoms with van der Waals surface area (Å²) >= 11 is 0. The van der Waals surface area contributed by atoms with Crippen LogP contribution in [0.3, 0.4) is 0 Å². The lowest BCUT2D eigenvalue weighted by atomic mass is 9.99. The van der Waals surface area contributed by atoms with Crippen molar-refractivity contribution in [2.75, 3.05) is 13.6 Å². The zero-order chi connectivity index (χ0) is 14.6. The highest BCUT2D eigenvalue weighted by atomic mass is 19.4. The van der Waals surface area contributed by atoms with Gasteiger partial charge in [0.25, 0.3) is 0 Å². The third kappa shape index (κ3) is 3.19. The molecule has 0 spiro atoms. The normalized spacial score (nSPS) is 11.8. The van der Waals surface area contributed by atoms with Gasteiger partial charge in [-0.05, 0) is 38.1 Å². The van der Waals surface area contributed by atoms with Crippen LogP contribution in [0.5, 0.6) is 0 Å². The van der Waals surface area contributed by atoms with Crippen LogP contribution in [0.4, 0.5) is 13.2 Å². The maximum Gasteiger partial charge on any atom is 0.417 e. The number of H-pyrrole nitrogens is 1. The molecular formula is C14H16F3N3. The van der Waals surface area contributed by atoms with Crippen LogP contribution in [0.25, 0.3) is 11.3 Å². The molecule has 0 amide bonds. The van der Waals surface area contributed by atoms with Gasteiger partial charge in [-0.3, -0.25) is 5.10 Å². The molecule has 1 heterocycles. The maximum atomic E-state index is 13.0. The highest BCUT2D eigenvalue weighted by molar-refractivity contribution is 5.67. The number of benzene rings is 1. The van der Waals surface area contributed by atoms with Crippen molar-refractivity contribution in [3.05, 3.63) is 41.6 Å². The fourth-order valence-corrected chi connectivity index (χ4v) is 2.14. The lowest BCUT2D eigenvalue weighted by Gasteiger charge is -2.12. The van der Waals surface area contributed by atoms with Gasteiger partial charge in [-0.2, -0.15) is 18.3 Å². The van der Waals surface area contributed by atoms with Crippen LogP contribution in [-0.4, -0.2) is 23.8 Å². The minimum Gasteiger partial charge on any atom is -0.320 e. The van der Waals surface area contributed by atoms with Crippen molar-refractivity contribution in [1.82, 2.24) is 15.5 Å². The Bertz CT molecular complexity index is 561. The number of rotatable bonds is 5. The fourth-order valence-electron chi connectivity index (χ4n) is 2.14. The second kappa shape index (κ2) is 6.09. The Labute approximate surface area is 115 Å². The molecule has 2 rings (SSSR count). The number of nitrogens with one attached hydrogen (secondary N) is 2. The minimum atomic E-state index is -4.37. The van der Waals surface area contributed by atoms with E-state index in [9.17, 15) is 13.2 Å². The molecule has 6 heteroatoms. The standard InChI is InChI=1S/C14H16F3N3/c1-18-8-4-5-10-9-19-20-13(10)11-6-2-3-7-12(11)14(15,16)17/h2-3,6-7,9,18H,4-5,8H2,1H3,(H,19,20). The number of aromatic nitrogens is 2. The number of aryl methyl sites for hydroxylation is 1. The number of aromatic amines is 1. The molecule has 2 aromatic rings. The van der Waals surface area contributed by atoms with Gasteiger partial charge in [0.05, 0.1) is 17.5 Å². The lowest BCUT2D eigenvalue weighted by molar-refractivity contribution is -0.137. The van der Waals surface area contributed by atoms with Crippen LogP contribution in [-0.2, 0) is 12.6 Å². The first-order chi connectivity index (χ1) is 9.54. The predicted octanol–water partition coefficient (Wildman–Crippen LogP) is 3.25. The molecule has 0 unspecified atom stereocenters. The van der Waals surface area contributed by atoms with Gasteiger partial charge in [0.15, 0.2) is 0 Å². The monoisotopic (exact) mass is 283 g/mol. The number of hydrogen-bond acceptors (Lipinski definition) is 2. The molecule has 0 atom stereocenters. The first kappa shape index (κ1) is 14.6. The molecule has 1 aromatic carbocycles. The summed E-state index contributed by atoms with van der Waals surface area (Å²) < 4.78 is 39.1. The molecule has 0 fully saturated rings. The van der Waals surface area contributed by atoms with E-state index < -0.39 is 11.7 Å². The number of hydrogen-bond donors (Lipinski definition) is 2. The quantitative estimate of drug-likeness (QED) is 0.827.